The average Bonchev–Trinajstić information content (AvgIpc) is 2.61. The van der Waals surface area contributed by atoms with Crippen molar-refractivity contribution in [3.63, 3.8) is 0 Å². The third kappa shape index (κ3) is 4.07. The first-order valence-corrected chi connectivity index (χ1v) is 7.68. The number of methoxy groups -OCH3 is 1. The van der Waals surface area contributed by atoms with Gasteiger partial charge in [-0.3, -0.25) is 10.1 Å². The molecule has 24 heavy (non-hydrogen) atoms. The highest BCUT2D eigenvalue weighted by atomic mass is 16.6. The Labute approximate surface area is 140 Å². The molecule has 0 aliphatic carbocycles. The second-order valence-corrected chi connectivity index (χ2v) is 5.00. The standard InChI is InChI=1S/C17H20N4O3/c1-4-20(5-2)14-8-6-13(7-9-14)18-19-16-11-10-15(21(22)23)12-17(16)24-3/h6-12H,4-5H2,1-3H3. The number of nitrogens with zero attached hydrogens (tertiary/aromatic N) is 4. The van der Waals surface area contributed by atoms with E-state index in [0.29, 0.717) is 17.1 Å². The first-order valence-electron chi connectivity index (χ1n) is 7.68. The average molecular weight is 328 g/mol. The molecule has 0 atom stereocenters. The molecule has 0 fully saturated rings. The van der Waals surface area contributed by atoms with Crippen molar-refractivity contribution in [2.75, 3.05) is 25.1 Å². The van der Waals surface area contributed by atoms with Crippen molar-refractivity contribution in [3.05, 3.63) is 52.6 Å². The number of ether oxygens (including phenoxy) is 1. The summed E-state index contributed by atoms with van der Waals surface area (Å²) in [5.74, 6) is 0.313. The predicted molar refractivity (Wildman–Crippen MR) is 93.8 cm³/mol. The summed E-state index contributed by atoms with van der Waals surface area (Å²) in [6.07, 6.45) is 0. The lowest BCUT2D eigenvalue weighted by Crippen LogP contribution is -2.21. The maximum atomic E-state index is 10.8. The number of nitro groups is 1. The number of rotatable bonds is 7. The highest BCUT2D eigenvalue weighted by Crippen LogP contribution is 2.32. The van der Waals surface area contributed by atoms with E-state index in [-0.39, 0.29) is 5.69 Å². The van der Waals surface area contributed by atoms with Crippen LogP contribution in [0.4, 0.5) is 22.7 Å². The molecule has 0 N–H and O–H groups in total. The minimum atomic E-state index is -0.477. The number of hydrogen-bond acceptors (Lipinski definition) is 6. The lowest BCUT2D eigenvalue weighted by molar-refractivity contribution is -0.384. The van der Waals surface area contributed by atoms with Crippen LogP contribution >= 0.6 is 0 Å². The topological polar surface area (TPSA) is 80.3 Å². The molecule has 0 spiro atoms. The Kier molecular flexibility index (Phi) is 5.83. The van der Waals surface area contributed by atoms with Crippen LogP contribution in [0.15, 0.2) is 52.7 Å². The highest BCUT2D eigenvalue weighted by Gasteiger charge is 2.11. The van der Waals surface area contributed by atoms with Crippen LogP contribution in [0.2, 0.25) is 0 Å². The Balaban J connectivity index is 2.20. The van der Waals surface area contributed by atoms with Gasteiger partial charge in [-0.2, -0.15) is 5.11 Å². The molecule has 0 aliphatic heterocycles. The summed E-state index contributed by atoms with van der Waals surface area (Å²) in [6, 6.07) is 12.0. The van der Waals surface area contributed by atoms with Crippen LogP contribution in [-0.2, 0) is 0 Å². The van der Waals surface area contributed by atoms with Gasteiger partial charge in [0.15, 0.2) is 5.75 Å². The van der Waals surface area contributed by atoms with Crippen molar-refractivity contribution in [1.82, 2.24) is 0 Å². The van der Waals surface area contributed by atoms with Crippen molar-refractivity contribution >= 4 is 22.7 Å². The normalized spacial score (nSPS) is 10.8. The molecule has 0 unspecified atom stereocenters. The number of azo groups is 1. The van der Waals surface area contributed by atoms with Gasteiger partial charge in [0.05, 0.1) is 23.8 Å². The number of hydrogen-bond donors (Lipinski definition) is 0. The summed E-state index contributed by atoms with van der Waals surface area (Å²) in [7, 11) is 1.44. The fourth-order valence-electron chi connectivity index (χ4n) is 2.29. The zero-order valence-electron chi connectivity index (χ0n) is 14.0. The zero-order chi connectivity index (χ0) is 17.5. The minimum Gasteiger partial charge on any atom is -0.494 e. The van der Waals surface area contributed by atoms with E-state index in [1.165, 1.54) is 25.3 Å². The first kappa shape index (κ1) is 17.4. The molecule has 0 saturated heterocycles. The van der Waals surface area contributed by atoms with Gasteiger partial charge in [0.2, 0.25) is 0 Å². The molecule has 0 saturated carbocycles. The third-order valence-corrected chi connectivity index (χ3v) is 3.63. The van der Waals surface area contributed by atoms with Crippen LogP contribution in [-0.4, -0.2) is 25.1 Å². The second kappa shape index (κ2) is 8.05. The van der Waals surface area contributed by atoms with Crippen LogP contribution in [0.3, 0.4) is 0 Å². The predicted octanol–water partition coefficient (Wildman–Crippen LogP) is 4.87. The largest absolute Gasteiger partial charge is 0.494 e. The Morgan fingerprint density at radius 2 is 1.75 bits per heavy atom. The van der Waals surface area contributed by atoms with E-state index in [4.69, 9.17) is 4.74 Å². The van der Waals surface area contributed by atoms with Gasteiger partial charge in [-0.25, -0.2) is 0 Å². The van der Waals surface area contributed by atoms with Gasteiger partial charge in [0.25, 0.3) is 5.69 Å². The summed E-state index contributed by atoms with van der Waals surface area (Å²) in [5.41, 5.74) is 2.23. The van der Waals surface area contributed by atoms with Crippen LogP contribution < -0.4 is 9.64 Å². The van der Waals surface area contributed by atoms with Gasteiger partial charge in [0, 0.05) is 24.8 Å². The van der Waals surface area contributed by atoms with Gasteiger partial charge in [-0.1, -0.05) is 0 Å². The fraction of sp³-hybridized carbons (Fsp3) is 0.294. The van der Waals surface area contributed by atoms with E-state index < -0.39 is 4.92 Å². The van der Waals surface area contributed by atoms with Crippen LogP contribution in [0.1, 0.15) is 13.8 Å². The monoisotopic (exact) mass is 328 g/mol. The lowest BCUT2D eigenvalue weighted by Gasteiger charge is -2.20. The van der Waals surface area contributed by atoms with Crippen LogP contribution in [0.5, 0.6) is 5.75 Å². The van der Waals surface area contributed by atoms with Crippen molar-refractivity contribution in [2.24, 2.45) is 10.2 Å². The molecule has 126 valence electrons. The van der Waals surface area contributed by atoms with E-state index in [1.807, 2.05) is 24.3 Å². The number of nitro benzene ring substituents is 1. The Morgan fingerprint density at radius 3 is 2.29 bits per heavy atom. The molecule has 0 amide bonds. The van der Waals surface area contributed by atoms with Gasteiger partial charge >= 0.3 is 0 Å². The van der Waals surface area contributed by atoms with E-state index in [9.17, 15) is 10.1 Å². The second-order valence-electron chi connectivity index (χ2n) is 5.00. The number of benzene rings is 2. The summed E-state index contributed by atoms with van der Waals surface area (Å²) in [4.78, 5) is 12.5. The number of anilines is 1. The molecule has 2 aromatic rings. The fourth-order valence-corrected chi connectivity index (χ4v) is 2.29. The van der Waals surface area contributed by atoms with Crippen LogP contribution in [0, 0.1) is 10.1 Å². The van der Waals surface area contributed by atoms with Gasteiger partial charge in [-0.05, 0) is 44.2 Å². The molecule has 0 heterocycles. The Morgan fingerprint density at radius 1 is 1.08 bits per heavy atom. The molecule has 2 aromatic carbocycles. The quantitative estimate of drug-likeness (QED) is 0.413. The summed E-state index contributed by atoms with van der Waals surface area (Å²) >= 11 is 0. The van der Waals surface area contributed by atoms with Crippen LogP contribution in [0.25, 0.3) is 0 Å². The molecule has 0 aromatic heterocycles. The van der Waals surface area contributed by atoms with Gasteiger partial charge in [0.1, 0.15) is 5.69 Å². The molecule has 2 rings (SSSR count). The van der Waals surface area contributed by atoms with E-state index in [1.54, 1.807) is 0 Å². The SMILES string of the molecule is CCN(CC)c1ccc(N=Nc2ccc([N+](=O)[O-])cc2OC)cc1. The molecule has 7 heteroatoms. The zero-order valence-corrected chi connectivity index (χ0v) is 14.0. The maximum absolute atomic E-state index is 10.8. The summed E-state index contributed by atoms with van der Waals surface area (Å²) < 4.78 is 5.14. The highest BCUT2D eigenvalue weighted by molar-refractivity contribution is 5.57. The van der Waals surface area contributed by atoms with Crippen molar-refractivity contribution < 1.29 is 9.66 Å². The Bertz CT molecular complexity index is 725. The summed E-state index contributed by atoms with van der Waals surface area (Å²) in [6.45, 7) is 6.10. The van der Waals surface area contributed by atoms with Crippen molar-refractivity contribution in [2.45, 2.75) is 13.8 Å². The third-order valence-electron chi connectivity index (χ3n) is 3.63. The van der Waals surface area contributed by atoms with Gasteiger partial charge < -0.3 is 9.64 Å². The van der Waals surface area contributed by atoms with Gasteiger partial charge in [-0.15, -0.1) is 5.11 Å². The van der Waals surface area contributed by atoms with E-state index in [0.717, 1.165) is 18.8 Å². The van der Waals surface area contributed by atoms with E-state index in [2.05, 4.69) is 29.0 Å². The van der Waals surface area contributed by atoms with E-state index >= 15 is 0 Å². The first-order chi connectivity index (χ1) is 11.6. The smallest absolute Gasteiger partial charge is 0.273 e. The Hall–Kier alpha value is -2.96. The van der Waals surface area contributed by atoms with Crippen molar-refractivity contribution in [1.29, 1.82) is 0 Å². The molecule has 0 radical (unpaired) electrons. The minimum absolute atomic E-state index is 0.0469. The maximum Gasteiger partial charge on any atom is 0.273 e. The molecule has 0 aliphatic rings. The molecule has 0 bridgehead atoms. The molecular weight excluding hydrogens is 308 g/mol. The van der Waals surface area contributed by atoms with Crippen molar-refractivity contribution in [3.8, 4) is 5.75 Å². The molecular formula is C17H20N4O3. The molecule has 7 nitrogen and oxygen atoms in total. The summed E-state index contributed by atoms with van der Waals surface area (Å²) in [5, 5.41) is 19.1. The lowest BCUT2D eigenvalue weighted by atomic mass is 10.2. The number of non-ortho nitro benzene ring substituents is 1.